The largest absolute Gasteiger partial charge is 0.506 e. The fourth-order valence-corrected chi connectivity index (χ4v) is 1.36. The number of halogens is 2. The molecule has 4 heteroatoms. The van der Waals surface area contributed by atoms with E-state index in [0.717, 1.165) is 19.0 Å². The fraction of sp³-hybridized carbons (Fsp3) is 0.273. The van der Waals surface area contributed by atoms with E-state index in [9.17, 15) is 9.50 Å². The van der Waals surface area contributed by atoms with Crippen LogP contribution in [0.1, 0.15) is 12.0 Å². The lowest BCUT2D eigenvalue weighted by Gasteiger charge is -2.01. The molecule has 0 saturated heterocycles. The first-order valence-corrected chi connectivity index (χ1v) is 5.02. The zero-order valence-corrected chi connectivity index (χ0v) is 9.18. The van der Waals surface area contributed by atoms with Gasteiger partial charge in [-0.05, 0) is 32.1 Å². The highest BCUT2D eigenvalue weighted by Gasteiger charge is 2.05. The van der Waals surface area contributed by atoms with Gasteiger partial charge in [-0.15, -0.1) is 0 Å². The van der Waals surface area contributed by atoms with Crippen molar-refractivity contribution in [3.63, 3.8) is 0 Å². The van der Waals surface area contributed by atoms with Gasteiger partial charge >= 0.3 is 0 Å². The second kappa shape index (κ2) is 5.73. The fourth-order valence-electron chi connectivity index (χ4n) is 1.15. The number of benzene rings is 1. The first kappa shape index (κ1) is 12.0. The lowest BCUT2D eigenvalue weighted by atomic mass is 10.1. The van der Waals surface area contributed by atoms with E-state index in [1.54, 1.807) is 6.08 Å². The lowest BCUT2D eigenvalue weighted by molar-refractivity contribution is 0.472. The Balaban J connectivity index is 2.80. The lowest BCUT2D eigenvalue weighted by Crippen LogP contribution is -2.05. The minimum atomic E-state index is -0.453. The van der Waals surface area contributed by atoms with Gasteiger partial charge in [-0.25, -0.2) is 4.39 Å². The van der Waals surface area contributed by atoms with Crippen molar-refractivity contribution in [1.82, 2.24) is 5.32 Å². The van der Waals surface area contributed by atoms with Crippen LogP contribution in [0.4, 0.5) is 4.39 Å². The zero-order valence-electron chi connectivity index (χ0n) is 8.43. The summed E-state index contributed by atoms with van der Waals surface area (Å²) >= 11 is 5.62. The number of hydrogen-bond donors (Lipinski definition) is 2. The van der Waals surface area contributed by atoms with Crippen LogP contribution in [0.25, 0.3) is 6.08 Å². The van der Waals surface area contributed by atoms with Crippen molar-refractivity contribution >= 4 is 17.7 Å². The number of aromatic hydroxyl groups is 1. The molecule has 0 saturated carbocycles. The molecule has 0 unspecified atom stereocenters. The van der Waals surface area contributed by atoms with Gasteiger partial charge in [-0.1, -0.05) is 23.8 Å². The molecule has 0 radical (unpaired) electrons. The minimum absolute atomic E-state index is 0.0308. The topological polar surface area (TPSA) is 32.3 Å². The smallest absolute Gasteiger partial charge is 0.141 e. The Hall–Kier alpha value is -1.06. The summed E-state index contributed by atoms with van der Waals surface area (Å²) in [5.41, 5.74) is 0.399. The van der Waals surface area contributed by atoms with Crippen LogP contribution in [0.5, 0.6) is 5.75 Å². The van der Waals surface area contributed by atoms with Gasteiger partial charge in [0.1, 0.15) is 11.6 Å². The molecule has 0 spiro atoms. The molecule has 2 N–H and O–H groups in total. The van der Waals surface area contributed by atoms with Gasteiger partial charge in [0.25, 0.3) is 0 Å². The van der Waals surface area contributed by atoms with Crippen LogP contribution in [0.15, 0.2) is 18.2 Å². The average Bonchev–Trinajstić information content (AvgIpc) is 2.19. The van der Waals surface area contributed by atoms with E-state index in [4.69, 9.17) is 11.6 Å². The molecule has 1 aromatic carbocycles. The Labute approximate surface area is 93.4 Å². The molecule has 0 amide bonds. The van der Waals surface area contributed by atoms with Crippen LogP contribution >= 0.6 is 11.6 Å². The number of nitrogens with one attached hydrogen (secondary N) is 1. The Morgan fingerprint density at radius 1 is 1.53 bits per heavy atom. The summed E-state index contributed by atoms with van der Waals surface area (Å²) in [6.07, 6.45) is 4.31. The van der Waals surface area contributed by atoms with Crippen molar-refractivity contribution < 1.29 is 9.50 Å². The molecular weight excluding hydrogens is 217 g/mol. The van der Waals surface area contributed by atoms with E-state index >= 15 is 0 Å². The van der Waals surface area contributed by atoms with Gasteiger partial charge in [0.05, 0.1) is 5.02 Å². The third-order valence-corrected chi connectivity index (χ3v) is 2.20. The molecule has 0 aromatic heterocycles. The quantitative estimate of drug-likeness (QED) is 0.779. The van der Waals surface area contributed by atoms with E-state index in [0.29, 0.717) is 5.56 Å². The Bertz CT molecular complexity index is 366. The van der Waals surface area contributed by atoms with Gasteiger partial charge in [0.15, 0.2) is 0 Å². The van der Waals surface area contributed by atoms with E-state index < -0.39 is 5.82 Å². The summed E-state index contributed by atoms with van der Waals surface area (Å²) in [6, 6.07) is 2.33. The average molecular weight is 230 g/mol. The molecule has 82 valence electrons. The molecule has 0 fully saturated rings. The molecule has 0 aliphatic rings. The van der Waals surface area contributed by atoms with E-state index in [-0.39, 0.29) is 10.8 Å². The van der Waals surface area contributed by atoms with Gasteiger partial charge in [0.2, 0.25) is 0 Å². The van der Waals surface area contributed by atoms with Gasteiger partial charge in [0, 0.05) is 5.56 Å². The summed E-state index contributed by atoms with van der Waals surface area (Å²) in [5, 5.41) is 12.5. The summed E-state index contributed by atoms with van der Waals surface area (Å²) < 4.78 is 12.9. The molecule has 1 aromatic rings. The molecule has 0 heterocycles. The summed E-state index contributed by atoms with van der Waals surface area (Å²) in [7, 11) is 1.85. The molecule has 15 heavy (non-hydrogen) atoms. The highest BCUT2D eigenvalue weighted by molar-refractivity contribution is 6.32. The second-order valence-electron chi connectivity index (χ2n) is 3.12. The van der Waals surface area contributed by atoms with Gasteiger partial charge in [-0.3, -0.25) is 0 Å². The van der Waals surface area contributed by atoms with Crippen molar-refractivity contribution in [2.24, 2.45) is 0 Å². The molecule has 2 nitrogen and oxygen atoms in total. The van der Waals surface area contributed by atoms with Crippen LogP contribution in [0, 0.1) is 5.82 Å². The molecule has 0 aliphatic carbocycles. The summed E-state index contributed by atoms with van der Waals surface area (Å²) in [6.45, 7) is 0.834. The maximum atomic E-state index is 12.9. The number of phenolic OH excluding ortho intramolecular Hbond substituents is 1. The zero-order chi connectivity index (χ0) is 11.3. The van der Waals surface area contributed by atoms with Crippen LogP contribution in [0.2, 0.25) is 5.02 Å². The monoisotopic (exact) mass is 229 g/mol. The highest BCUT2D eigenvalue weighted by Crippen LogP contribution is 2.29. The number of rotatable bonds is 4. The third-order valence-electron chi connectivity index (χ3n) is 1.92. The standard InChI is InChI=1S/C11H13ClFNO/c1-14-5-3-2-4-8-6-9(13)7-10(12)11(8)15/h2,4,6-7,14-15H,3,5H2,1H3. The van der Waals surface area contributed by atoms with Crippen LogP contribution in [-0.2, 0) is 0 Å². The van der Waals surface area contributed by atoms with Crippen LogP contribution in [-0.4, -0.2) is 18.7 Å². The Kier molecular flexibility index (Phi) is 4.59. The molecule has 0 aliphatic heterocycles. The normalized spacial score (nSPS) is 11.1. The Morgan fingerprint density at radius 2 is 2.27 bits per heavy atom. The highest BCUT2D eigenvalue weighted by atomic mass is 35.5. The van der Waals surface area contributed by atoms with Crippen LogP contribution in [0.3, 0.4) is 0 Å². The van der Waals surface area contributed by atoms with E-state index in [1.807, 2.05) is 13.1 Å². The Morgan fingerprint density at radius 3 is 2.93 bits per heavy atom. The number of phenols is 1. The molecule has 1 rings (SSSR count). The maximum absolute atomic E-state index is 12.9. The first-order valence-electron chi connectivity index (χ1n) is 4.64. The van der Waals surface area contributed by atoms with Crippen molar-refractivity contribution in [2.75, 3.05) is 13.6 Å². The maximum Gasteiger partial charge on any atom is 0.141 e. The van der Waals surface area contributed by atoms with Crippen molar-refractivity contribution in [3.05, 3.63) is 34.6 Å². The predicted octanol–water partition coefficient (Wildman–Crippen LogP) is 2.81. The molecular formula is C11H13ClFNO. The van der Waals surface area contributed by atoms with Crippen molar-refractivity contribution in [3.8, 4) is 5.75 Å². The van der Waals surface area contributed by atoms with E-state index in [2.05, 4.69) is 5.32 Å². The number of hydrogen-bond acceptors (Lipinski definition) is 2. The van der Waals surface area contributed by atoms with Crippen LogP contribution < -0.4 is 5.32 Å². The first-order chi connectivity index (χ1) is 7.15. The molecule has 0 atom stereocenters. The predicted molar refractivity (Wildman–Crippen MR) is 60.7 cm³/mol. The summed E-state index contributed by atoms with van der Waals surface area (Å²) in [4.78, 5) is 0. The van der Waals surface area contributed by atoms with Crippen molar-refractivity contribution in [1.29, 1.82) is 0 Å². The van der Waals surface area contributed by atoms with Gasteiger partial charge < -0.3 is 10.4 Å². The van der Waals surface area contributed by atoms with Crippen molar-refractivity contribution in [2.45, 2.75) is 6.42 Å². The second-order valence-corrected chi connectivity index (χ2v) is 3.53. The summed E-state index contributed by atoms with van der Waals surface area (Å²) in [5.74, 6) is -0.537. The van der Waals surface area contributed by atoms with E-state index in [1.165, 1.54) is 6.07 Å². The SMILES string of the molecule is CNCCC=Cc1cc(F)cc(Cl)c1O. The third kappa shape index (κ3) is 3.53. The molecule has 0 bridgehead atoms. The minimum Gasteiger partial charge on any atom is -0.506 e. The van der Waals surface area contributed by atoms with Gasteiger partial charge in [-0.2, -0.15) is 0 Å².